The van der Waals surface area contributed by atoms with Gasteiger partial charge in [0.25, 0.3) is 0 Å². The molecule has 2 N–H and O–H groups in total. The minimum atomic E-state index is -0.786. The lowest BCUT2D eigenvalue weighted by Crippen LogP contribution is -2.57. The Morgan fingerprint density at radius 2 is 2.05 bits per heavy atom. The van der Waals surface area contributed by atoms with Crippen LogP contribution in [0.15, 0.2) is 0 Å². The van der Waals surface area contributed by atoms with Crippen molar-refractivity contribution in [3.63, 3.8) is 0 Å². The van der Waals surface area contributed by atoms with Gasteiger partial charge in [0.2, 0.25) is 0 Å². The highest BCUT2D eigenvalue weighted by atomic mass is 16.4. The third-order valence-electron chi connectivity index (χ3n) is 4.75. The zero-order valence-corrected chi connectivity index (χ0v) is 13.0. The number of aliphatic carboxylic acids is 1. The van der Waals surface area contributed by atoms with Crippen molar-refractivity contribution in [3.8, 4) is 0 Å². The molecule has 0 aromatic carbocycles. The summed E-state index contributed by atoms with van der Waals surface area (Å²) >= 11 is 0. The first kappa shape index (κ1) is 15.8. The first-order valence-corrected chi connectivity index (χ1v) is 8.27. The van der Waals surface area contributed by atoms with Crippen LogP contribution in [0.4, 0.5) is 0 Å². The number of hydrogen-bond acceptors (Lipinski definition) is 3. The van der Waals surface area contributed by atoms with Crippen LogP contribution in [-0.2, 0) is 4.79 Å². The molecule has 0 bridgehead atoms. The molecule has 2 rings (SSSR count). The summed E-state index contributed by atoms with van der Waals surface area (Å²) < 4.78 is 0. The second-order valence-electron chi connectivity index (χ2n) is 6.92. The number of carbonyl (C=O) groups is 1. The Kier molecular flexibility index (Phi) is 5.44. The van der Waals surface area contributed by atoms with Gasteiger partial charge in [0.1, 0.15) is 5.54 Å². The molecule has 2 unspecified atom stereocenters. The van der Waals surface area contributed by atoms with Gasteiger partial charge in [-0.05, 0) is 58.0 Å². The molecule has 1 aliphatic carbocycles. The average molecular weight is 282 g/mol. The molecular weight excluding hydrogens is 252 g/mol. The molecule has 0 aromatic heterocycles. The van der Waals surface area contributed by atoms with E-state index in [1.165, 1.54) is 32.1 Å². The van der Waals surface area contributed by atoms with E-state index in [4.69, 9.17) is 0 Å². The van der Waals surface area contributed by atoms with Gasteiger partial charge >= 0.3 is 5.97 Å². The van der Waals surface area contributed by atoms with Gasteiger partial charge < -0.3 is 10.0 Å². The third-order valence-corrected chi connectivity index (χ3v) is 4.75. The van der Waals surface area contributed by atoms with E-state index in [9.17, 15) is 9.90 Å². The van der Waals surface area contributed by atoms with Gasteiger partial charge in [-0.2, -0.15) is 0 Å². The fraction of sp³-hybridized carbons (Fsp3) is 0.938. The maximum atomic E-state index is 11.6. The van der Waals surface area contributed by atoms with Gasteiger partial charge in [-0.1, -0.05) is 19.8 Å². The number of likely N-dealkylation sites (tertiary alicyclic amines) is 1. The Morgan fingerprint density at radius 3 is 2.65 bits per heavy atom. The Labute approximate surface area is 122 Å². The molecule has 1 aliphatic heterocycles. The molecule has 4 heteroatoms. The van der Waals surface area contributed by atoms with Gasteiger partial charge in [0, 0.05) is 12.6 Å². The van der Waals surface area contributed by atoms with Gasteiger partial charge in [0.05, 0.1) is 0 Å². The van der Waals surface area contributed by atoms with Crippen LogP contribution in [-0.4, -0.2) is 47.2 Å². The highest BCUT2D eigenvalue weighted by Crippen LogP contribution is 2.25. The summed E-state index contributed by atoms with van der Waals surface area (Å²) in [6, 6.07) is 0.427. The largest absolute Gasteiger partial charge is 0.480 e. The summed E-state index contributed by atoms with van der Waals surface area (Å²) in [5.74, 6) is 0.135. The molecule has 116 valence electrons. The maximum absolute atomic E-state index is 11.6. The summed E-state index contributed by atoms with van der Waals surface area (Å²) in [6.07, 6.45) is 8.59. The number of rotatable bonds is 7. The second-order valence-corrected chi connectivity index (χ2v) is 6.92. The van der Waals surface area contributed by atoms with Crippen molar-refractivity contribution < 1.29 is 9.90 Å². The lowest BCUT2D eigenvalue weighted by molar-refractivity contribution is -0.145. The second kappa shape index (κ2) is 6.90. The van der Waals surface area contributed by atoms with E-state index in [1.807, 2.05) is 6.92 Å². The van der Waals surface area contributed by atoms with E-state index in [2.05, 4.69) is 17.1 Å². The maximum Gasteiger partial charge on any atom is 0.324 e. The van der Waals surface area contributed by atoms with Crippen LogP contribution in [0.25, 0.3) is 0 Å². The Balaban J connectivity index is 1.87. The molecule has 2 fully saturated rings. The fourth-order valence-corrected chi connectivity index (χ4v) is 3.38. The monoisotopic (exact) mass is 282 g/mol. The van der Waals surface area contributed by atoms with E-state index in [0.29, 0.717) is 12.6 Å². The summed E-state index contributed by atoms with van der Waals surface area (Å²) in [7, 11) is 0. The number of carboxylic acid groups (broad SMARTS) is 1. The van der Waals surface area contributed by atoms with Crippen molar-refractivity contribution in [2.24, 2.45) is 5.92 Å². The standard InChI is InChI=1S/C16H30N2O2/c1-3-5-13-6-4-10-18(11-9-13)12-16(2,15(19)20)17-14-7-8-14/h13-14,17H,3-12H2,1-2H3,(H,19,20). The van der Waals surface area contributed by atoms with Crippen LogP contribution in [0.2, 0.25) is 0 Å². The topological polar surface area (TPSA) is 52.6 Å². The zero-order chi connectivity index (χ0) is 14.6. The molecule has 4 nitrogen and oxygen atoms in total. The van der Waals surface area contributed by atoms with Crippen molar-refractivity contribution in [1.29, 1.82) is 0 Å². The molecule has 0 aromatic rings. The molecule has 1 heterocycles. The molecule has 0 amide bonds. The van der Waals surface area contributed by atoms with Gasteiger partial charge in [-0.3, -0.25) is 10.1 Å². The SMILES string of the molecule is CCCC1CCCN(CC(C)(NC2CC2)C(=O)O)CC1. The lowest BCUT2D eigenvalue weighted by atomic mass is 9.96. The van der Waals surface area contributed by atoms with Crippen molar-refractivity contribution in [3.05, 3.63) is 0 Å². The minimum absolute atomic E-state index is 0.427. The van der Waals surface area contributed by atoms with E-state index >= 15 is 0 Å². The summed E-state index contributed by atoms with van der Waals surface area (Å²) in [6.45, 7) is 6.85. The van der Waals surface area contributed by atoms with Crippen LogP contribution in [0.5, 0.6) is 0 Å². The van der Waals surface area contributed by atoms with Crippen LogP contribution >= 0.6 is 0 Å². The summed E-state index contributed by atoms with van der Waals surface area (Å²) in [4.78, 5) is 14.0. The van der Waals surface area contributed by atoms with Crippen LogP contribution in [0.3, 0.4) is 0 Å². The van der Waals surface area contributed by atoms with Gasteiger partial charge in [-0.25, -0.2) is 0 Å². The summed E-state index contributed by atoms with van der Waals surface area (Å²) in [5.41, 5.74) is -0.786. The first-order chi connectivity index (χ1) is 9.53. The molecule has 1 saturated carbocycles. The quantitative estimate of drug-likeness (QED) is 0.753. The molecule has 0 spiro atoms. The van der Waals surface area contributed by atoms with Crippen molar-refractivity contribution in [2.45, 2.75) is 70.4 Å². The average Bonchev–Trinajstić information content (AvgIpc) is 3.19. The van der Waals surface area contributed by atoms with Gasteiger partial charge in [-0.15, -0.1) is 0 Å². The van der Waals surface area contributed by atoms with Crippen LogP contribution < -0.4 is 5.32 Å². The normalized spacial score (nSPS) is 27.8. The highest BCUT2D eigenvalue weighted by molar-refractivity contribution is 5.78. The summed E-state index contributed by atoms with van der Waals surface area (Å²) in [5, 5.41) is 12.9. The first-order valence-electron chi connectivity index (χ1n) is 8.27. The molecule has 2 atom stereocenters. The van der Waals surface area contributed by atoms with E-state index in [1.54, 1.807) is 0 Å². The predicted molar refractivity (Wildman–Crippen MR) is 80.9 cm³/mol. The highest BCUT2D eigenvalue weighted by Gasteiger charge is 2.40. The molecule has 2 aliphatic rings. The molecule has 20 heavy (non-hydrogen) atoms. The molecule has 0 radical (unpaired) electrons. The number of hydrogen-bond donors (Lipinski definition) is 2. The van der Waals surface area contributed by atoms with Gasteiger partial charge in [0.15, 0.2) is 0 Å². The van der Waals surface area contributed by atoms with E-state index in [-0.39, 0.29) is 0 Å². The van der Waals surface area contributed by atoms with E-state index < -0.39 is 11.5 Å². The predicted octanol–water partition coefficient (Wildman–Crippen LogP) is 2.48. The zero-order valence-electron chi connectivity index (χ0n) is 13.0. The number of nitrogens with zero attached hydrogens (tertiary/aromatic N) is 1. The molecule has 1 saturated heterocycles. The number of carboxylic acids is 1. The smallest absolute Gasteiger partial charge is 0.324 e. The number of nitrogens with one attached hydrogen (secondary N) is 1. The Hall–Kier alpha value is -0.610. The Morgan fingerprint density at radius 1 is 1.30 bits per heavy atom. The van der Waals surface area contributed by atoms with Crippen LogP contribution in [0, 0.1) is 5.92 Å². The minimum Gasteiger partial charge on any atom is -0.480 e. The lowest BCUT2D eigenvalue weighted by Gasteiger charge is -2.32. The van der Waals surface area contributed by atoms with Crippen LogP contribution in [0.1, 0.15) is 58.8 Å². The van der Waals surface area contributed by atoms with Crippen molar-refractivity contribution in [2.75, 3.05) is 19.6 Å². The van der Waals surface area contributed by atoms with E-state index in [0.717, 1.165) is 31.8 Å². The molecular formula is C16H30N2O2. The Bertz CT molecular complexity index is 330. The van der Waals surface area contributed by atoms with Crippen molar-refractivity contribution >= 4 is 5.97 Å². The fourth-order valence-electron chi connectivity index (χ4n) is 3.38. The third kappa shape index (κ3) is 4.45. The van der Waals surface area contributed by atoms with Crippen molar-refractivity contribution in [1.82, 2.24) is 10.2 Å².